The van der Waals surface area contributed by atoms with Crippen LogP contribution in [-0.4, -0.2) is 39.2 Å². The van der Waals surface area contributed by atoms with E-state index in [1.165, 1.54) is 0 Å². The van der Waals surface area contributed by atoms with Gasteiger partial charge in [0, 0.05) is 6.07 Å². The first kappa shape index (κ1) is 15.5. The molecule has 1 aromatic rings. The number of halogens is 1. The van der Waals surface area contributed by atoms with Crippen LogP contribution < -0.4 is 5.32 Å². The molecule has 0 aliphatic carbocycles. The van der Waals surface area contributed by atoms with E-state index in [1.54, 1.807) is 0 Å². The van der Waals surface area contributed by atoms with Crippen LogP contribution in [0.1, 0.15) is 17.3 Å². The maximum atomic E-state index is 13.5. The highest BCUT2D eigenvalue weighted by molar-refractivity contribution is 5.97. The van der Waals surface area contributed by atoms with Crippen molar-refractivity contribution >= 4 is 17.6 Å². The summed E-state index contributed by atoms with van der Waals surface area (Å²) in [6.45, 7) is 1.14. The number of carboxylic acids is 1. The molecule has 0 heterocycles. The van der Waals surface area contributed by atoms with Gasteiger partial charge in [0.05, 0.1) is 22.7 Å². The molecule has 1 rings (SSSR count). The highest BCUT2D eigenvalue weighted by Crippen LogP contribution is 2.16. The maximum absolute atomic E-state index is 13.5. The molecule has 0 spiro atoms. The first-order chi connectivity index (χ1) is 9.23. The Morgan fingerprint density at radius 3 is 2.45 bits per heavy atom. The average molecular weight is 286 g/mol. The summed E-state index contributed by atoms with van der Waals surface area (Å²) in [6, 6.07) is 0.713. The molecule has 3 N–H and O–H groups in total. The van der Waals surface area contributed by atoms with E-state index in [9.17, 15) is 29.2 Å². The van der Waals surface area contributed by atoms with Gasteiger partial charge in [-0.15, -0.1) is 0 Å². The number of aliphatic hydroxyl groups excluding tert-OH is 1. The molecular formula is C11H11FN2O6. The molecule has 0 saturated heterocycles. The van der Waals surface area contributed by atoms with Crippen LogP contribution in [0.3, 0.4) is 0 Å². The van der Waals surface area contributed by atoms with Crippen LogP contribution in [0.5, 0.6) is 0 Å². The fourth-order valence-corrected chi connectivity index (χ4v) is 1.41. The number of aliphatic carboxylic acids is 1. The third-order valence-corrected chi connectivity index (χ3v) is 2.44. The van der Waals surface area contributed by atoms with Crippen molar-refractivity contribution in [2.24, 2.45) is 0 Å². The van der Waals surface area contributed by atoms with Gasteiger partial charge in [-0.3, -0.25) is 14.9 Å². The molecule has 108 valence electrons. The molecule has 0 fully saturated rings. The molecule has 8 nitrogen and oxygen atoms in total. The third kappa shape index (κ3) is 3.48. The molecule has 1 amide bonds. The molecule has 2 atom stereocenters. The minimum Gasteiger partial charge on any atom is -0.480 e. The number of carboxylic acid groups (broad SMARTS) is 1. The Morgan fingerprint density at radius 1 is 1.45 bits per heavy atom. The standard InChI is InChI=1S/C11H11FN2O6/c1-5(15)9(11(17)18)13-10(16)7-3-2-6(14(19)20)4-8(7)12/h2-5,9,15H,1H3,(H,13,16)(H,17,18). The van der Waals surface area contributed by atoms with Crippen LogP contribution in [0, 0.1) is 15.9 Å². The molecule has 0 radical (unpaired) electrons. The van der Waals surface area contributed by atoms with E-state index in [2.05, 4.69) is 0 Å². The van der Waals surface area contributed by atoms with Gasteiger partial charge in [0.15, 0.2) is 6.04 Å². The number of nitrogens with one attached hydrogen (secondary N) is 1. The van der Waals surface area contributed by atoms with Gasteiger partial charge in [0.2, 0.25) is 0 Å². The van der Waals surface area contributed by atoms with Crippen LogP contribution in [0.4, 0.5) is 10.1 Å². The lowest BCUT2D eigenvalue weighted by atomic mass is 10.1. The first-order valence-corrected chi connectivity index (χ1v) is 5.39. The summed E-state index contributed by atoms with van der Waals surface area (Å²) in [4.78, 5) is 32.0. The van der Waals surface area contributed by atoms with Crippen molar-refractivity contribution in [2.75, 3.05) is 0 Å². The second kappa shape index (κ2) is 6.06. The largest absolute Gasteiger partial charge is 0.480 e. The van der Waals surface area contributed by atoms with Crippen molar-refractivity contribution in [1.29, 1.82) is 0 Å². The van der Waals surface area contributed by atoms with Crippen LogP contribution in [0.15, 0.2) is 18.2 Å². The molecule has 20 heavy (non-hydrogen) atoms. The summed E-state index contributed by atoms with van der Waals surface area (Å²) in [6.07, 6.45) is -1.39. The number of amides is 1. The Bertz CT molecular complexity index is 560. The summed E-state index contributed by atoms with van der Waals surface area (Å²) < 4.78 is 13.5. The van der Waals surface area contributed by atoms with Gasteiger partial charge in [0.1, 0.15) is 5.82 Å². The monoisotopic (exact) mass is 286 g/mol. The van der Waals surface area contributed by atoms with Crippen molar-refractivity contribution in [3.8, 4) is 0 Å². The molecular weight excluding hydrogens is 275 g/mol. The zero-order valence-corrected chi connectivity index (χ0v) is 10.2. The van der Waals surface area contributed by atoms with E-state index in [-0.39, 0.29) is 0 Å². The molecule has 0 bridgehead atoms. The number of nitrogens with zero attached hydrogens (tertiary/aromatic N) is 1. The van der Waals surface area contributed by atoms with Crippen molar-refractivity contribution in [3.05, 3.63) is 39.7 Å². The van der Waals surface area contributed by atoms with Gasteiger partial charge < -0.3 is 15.5 Å². The van der Waals surface area contributed by atoms with Crippen molar-refractivity contribution < 1.29 is 29.1 Å². The lowest BCUT2D eigenvalue weighted by molar-refractivity contribution is -0.385. The van der Waals surface area contributed by atoms with Gasteiger partial charge in [-0.25, -0.2) is 9.18 Å². The zero-order chi connectivity index (χ0) is 15.4. The molecule has 1 aromatic carbocycles. The molecule has 0 aliphatic heterocycles. The van der Waals surface area contributed by atoms with Crippen LogP contribution >= 0.6 is 0 Å². The summed E-state index contributed by atoms with van der Waals surface area (Å²) >= 11 is 0. The molecule has 9 heteroatoms. The lowest BCUT2D eigenvalue weighted by Crippen LogP contribution is -2.47. The van der Waals surface area contributed by atoms with E-state index in [0.29, 0.717) is 6.07 Å². The Kier molecular flexibility index (Phi) is 4.70. The predicted molar refractivity (Wildman–Crippen MR) is 63.6 cm³/mol. The number of non-ortho nitro benzene ring substituents is 1. The molecule has 0 saturated carbocycles. The fourth-order valence-electron chi connectivity index (χ4n) is 1.41. The second-order valence-electron chi connectivity index (χ2n) is 3.95. The SMILES string of the molecule is CC(O)C(NC(=O)c1ccc([N+](=O)[O-])cc1F)C(=O)O. The fraction of sp³-hybridized carbons (Fsp3) is 0.273. The zero-order valence-electron chi connectivity index (χ0n) is 10.2. The Morgan fingerprint density at radius 2 is 2.05 bits per heavy atom. The predicted octanol–water partition coefficient (Wildman–Crippen LogP) is 0.298. The van der Waals surface area contributed by atoms with Gasteiger partial charge in [-0.1, -0.05) is 0 Å². The third-order valence-electron chi connectivity index (χ3n) is 2.44. The van der Waals surface area contributed by atoms with E-state index >= 15 is 0 Å². The minimum absolute atomic E-state index is 0.538. The summed E-state index contributed by atoms with van der Waals surface area (Å²) in [5.41, 5.74) is -1.09. The highest BCUT2D eigenvalue weighted by Gasteiger charge is 2.27. The quantitative estimate of drug-likeness (QED) is 0.527. The van der Waals surface area contributed by atoms with Gasteiger partial charge >= 0.3 is 5.97 Å². The minimum atomic E-state index is -1.61. The van der Waals surface area contributed by atoms with Gasteiger partial charge in [0.25, 0.3) is 11.6 Å². The van der Waals surface area contributed by atoms with Crippen molar-refractivity contribution in [1.82, 2.24) is 5.32 Å². The normalized spacial score (nSPS) is 13.3. The van der Waals surface area contributed by atoms with E-state index < -0.39 is 46.0 Å². The highest BCUT2D eigenvalue weighted by atomic mass is 19.1. The van der Waals surface area contributed by atoms with Gasteiger partial charge in [-0.2, -0.15) is 0 Å². The van der Waals surface area contributed by atoms with Crippen LogP contribution in [0.2, 0.25) is 0 Å². The van der Waals surface area contributed by atoms with Crippen molar-refractivity contribution in [2.45, 2.75) is 19.1 Å². The maximum Gasteiger partial charge on any atom is 0.328 e. The summed E-state index contributed by atoms with van der Waals surface area (Å²) in [7, 11) is 0. The number of benzene rings is 1. The van der Waals surface area contributed by atoms with Crippen LogP contribution in [-0.2, 0) is 4.79 Å². The lowest BCUT2D eigenvalue weighted by Gasteiger charge is -2.17. The Balaban J connectivity index is 2.98. The Hall–Kier alpha value is -2.55. The first-order valence-electron chi connectivity index (χ1n) is 5.39. The van der Waals surface area contributed by atoms with E-state index in [0.717, 1.165) is 19.1 Å². The summed E-state index contributed by atoms with van der Waals surface area (Å²) in [5, 5.41) is 30.3. The number of nitro benzene ring substituents is 1. The number of aliphatic hydroxyl groups is 1. The molecule has 0 aromatic heterocycles. The summed E-state index contributed by atoms with van der Waals surface area (Å²) in [5.74, 6) is -3.74. The number of nitro groups is 1. The Labute approximate surface area is 112 Å². The molecule has 0 aliphatic rings. The number of hydrogen-bond acceptors (Lipinski definition) is 5. The number of rotatable bonds is 5. The number of hydrogen-bond donors (Lipinski definition) is 3. The van der Waals surface area contributed by atoms with E-state index in [1.807, 2.05) is 5.32 Å². The average Bonchev–Trinajstić information content (AvgIpc) is 2.34. The second-order valence-corrected chi connectivity index (χ2v) is 3.95. The molecule has 2 unspecified atom stereocenters. The van der Waals surface area contributed by atoms with Crippen LogP contribution in [0.25, 0.3) is 0 Å². The topological polar surface area (TPSA) is 130 Å². The van der Waals surface area contributed by atoms with E-state index in [4.69, 9.17) is 5.11 Å². The van der Waals surface area contributed by atoms with Crippen molar-refractivity contribution in [3.63, 3.8) is 0 Å². The van der Waals surface area contributed by atoms with Gasteiger partial charge in [-0.05, 0) is 13.0 Å². The number of carbonyl (C=O) groups is 2. The smallest absolute Gasteiger partial charge is 0.328 e. The number of carbonyl (C=O) groups excluding carboxylic acids is 1.